The first kappa shape index (κ1) is 12.7. The smallest absolute Gasteiger partial charge is 0.147 e. The van der Waals surface area contributed by atoms with Crippen LogP contribution in [0.2, 0.25) is 0 Å². The van der Waals surface area contributed by atoms with Gasteiger partial charge in [-0.25, -0.2) is 8.42 Å². The summed E-state index contributed by atoms with van der Waals surface area (Å²) in [5.41, 5.74) is 1.26. The standard InChI is InChI=1S/C10H17NO2S2/c1-9(10-4-6-14-8-10)11-5-3-7-15(2,12)13/h4,6,8-9,11H,3,5,7H2,1-2H3. The molecule has 1 atom stereocenters. The largest absolute Gasteiger partial charge is 0.310 e. The predicted molar refractivity (Wildman–Crippen MR) is 65.1 cm³/mol. The lowest BCUT2D eigenvalue weighted by Crippen LogP contribution is -2.21. The summed E-state index contributed by atoms with van der Waals surface area (Å²) in [6, 6.07) is 2.38. The van der Waals surface area contributed by atoms with E-state index in [2.05, 4.69) is 23.7 Å². The van der Waals surface area contributed by atoms with Crippen LogP contribution >= 0.6 is 11.3 Å². The van der Waals surface area contributed by atoms with Crippen molar-refractivity contribution in [2.24, 2.45) is 0 Å². The lowest BCUT2D eigenvalue weighted by Gasteiger charge is -2.11. The van der Waals surface area contributed by atoms with Crippen LogP contribution < -0.4 is 5.32 Å². The molecule has 0 amide bonds. The lowest BCUT2D eigenvalue weighted by molar-refractivity contribution is 0.563. The van der Waals surface area contributed by atoms with Gasteiger partial charge in [-0.2, -0.15) is 11.3 Å². The van der Waals surface area contributed by atoms with Crippen LogP contribution in [-0.2, 0) is 9.84 Å². The first-order valence-electron chi connectivity index (χ1n) is 4.92. The molecule has 0 aliphatic rings. The van der Waals surface area contributed by atoms with Crippen molar-refractivity contribution < 1.29 is 8.42 Å². The first-order chi connectivity index (χ1) is 6.99. The summed E-state index contributed by atoms with van der Waals surface area (Å²) in [5, 5.41) is 7.45. The van der Waals surface area contributed by atoms with Crippen molar-refractivity contribution >= 4 is 21.2 Å². The zero-order valence-corrected chi connectivity index (χ0v) is 10.7. The molecule has 1 aromatic rings. The normalized spacial score (nSPS) is 14.0. The molecule has 1 unspecified atom stereocenters. The van der Waals surface area contributed by atoms with Gasteiger partial charge < -0.3 is 5.32 Å². The van der Waals surface area contributed by atoms with Crippen LogP contribution in [-0.4, -0.2) is 27.0 Å². The molecule has 0 saturated heterocycles. The number of thiophene rings is 1. The van der Waals surface area contributed by atoms with Crippen LogP contribution in [0.25, 0.3) is 0 Å². The van der Waals surface area contributed by atoms with Gasteiger partial charge >= 0.3 is 0 Å². The van der Waals surface area contributed by atoms with E-state index in [-0.39, 0.29) is 5.75 Å². The van der Waals surface area contributed by atoms with E-state index >= 15 is 0 Å². The van der Waals surface area contributed by atoms with Crippen molar-refractivity contribution in [1.29, 1.82) is 0 Å². The molecule has 0 saturated carbocycles. The van der Waals surface area contributed by atoms with Crippen LogP contribution in [0.3, 0.4) is 0 Å². The molecule has 0 bridgehead atoms. The summed E-state index contributed by atoms with van der Waals surface area (Å²) in [5.74, 6) is 0.260. The van der Waals surface area contributed by atoms with Gasteiger partial charge in [-0.3, -0.25) is 0 Å². The Morgan fingerprint density at radius 1 is 1.53 bits per heavy atom. The Balaban J connectivity index is 2.21. The van der Waals surface area contributed by atoms with Crippen molar-refractivity contribution in [1.82, 2.24) is 5.32 Å². The maximum absolute atomic E-state index is 10.9. The lowest BCUT2D eigenvalue weighted by atomic mass is 10.2. The molecule has 3 nitrogen and oxygen atoms in total. The van der Waals surface area contributed by atoms with E-state index in [9.17, 15) is 8.42 Å². The van der Waals surface area contributed by atoms with Crippen molar-refractivity contribution in [3.63, 3.8) is 0 Å². The predicted octanol–water partition coefficient (Wildman–Crippen LogP) is 1.83. The SMILES string of the molecule is CC(NCCCS(C)(=O)=O)c1ccsc1. The number of rotatable bonds is 6. The second-order valence-corrected chi connectivity index (χ2v) is 6.76. The van der Waals surface area contributed by atoms with E-state index in [0.717, 1.165) is 6.54 Å². The van der Waals surface area contributed by atoms with Crippen LogP contribution in [0.1, 0.15) is 24.9 Å². The van der Waals surface area contributed by atoms with Gasteiger partial charge in [0.25, 0.3) is 0 Å². The highest BCUT2D eigenvalue weighted by molar-refractivity contribution is 7.90. The molecule has 0 aliphatic carbocycles. The molecule has 1 rings (SSSR count). The second kappa shape index (κ2) is 5.63. The highest BCUT2D eigenvalue weighted by atomic mass is 32.2. The topological polar surface area (TPSA) is 46.2 Å². The molecule has 0 radical (unpaired) electrons. The Morgan fingerprint density at radius 2 is 2.27 bits per heavy atom. The molecule has 1 heterocycles. The van der Waals surface area contributed by atoms with Crippen LogP contribution in [0, 0.1) is 0 Å². The van der Waals surface area contributed by atoms with Crippen molar-refractivity contribution in [2.45, 2.75) is 19.4 Å². The summed E-state index contributed by atoms with van der Waals surface area (Å²) in [6.07, 6.45) is 1.95. The number of hydrogen-bond donors (Lipinski definition) is 1. The van der Waals surface area contributed by atoms with Gasteiger partial charge in [0.2, 0.25) is 0 Å². The van der Waals surface area contributed by atoms with E-state index < -0.39 is 9.84 Å². The van der Waals surface area contributed by atoms with Gasteiger partial charge in [-0.05, 0) is 42.3 Å². The summed E-state index contributed by atoms with van der Waals surface area (Å²) in [6.45, 7) is 2.83. The highest BCUT2D eigenvalue weighted by Gasteiger charge is 2.05. The Morgan fingerprint density at radius 3 is 2.80 bits per heavy atom. The average molecular weight is 247 g/mol. The van der Waals surface area contributed by atoms with Crippen molar-refractivity contribution in [2.75, 3.05) is 18.6 Å². The quantitative estimate of drug-likeness (QED) is 0.780. The highest BCUT2D eigenvalue weighted by Crippen LogP contribution is 2.15. The fraction of sp³-hybridized carbons (Fsp3) is 0.600. The number of sulfone groups is 1. The van der Waals surface area contributed by atoms with Gasteiger partial charge in [0.1, 0.15) is 9.84 Å². The molecule has 15 heavy (non-hydrogen) atoms. The Bertz CT molecular complexity index is 370. The molecule has 1 aromatic heterocycles. The Labute approximate surface area is 95.4 Å². The first-order valence-corrected chi connectivity index (χ1v) is 7.92. The third-order valence-corrected chi connectivity index (χ3v) is 3.92. The molecule has 0 aromatic carbocycles. The maximum atomic E-state index is 10.9. The van der Waals surface area contributed by atoms with Gasteiger partial charge in [0.05, 0.1) is 5.75 Å². The fourth-order valence-corrected chi connectivity index (χ4v) is 2.71. The van der Waals surface area contributed by atoms with E-state index in [0.29, 0.717) is 12.5 Å². The Kier molecular flexibility index (Phi) is 4.76. The van der Waals surface area contributed by atoms with E-state index in [1.165, 1.54) is 11.8 Å². The summed E-state index contributed by atoms with van der Waals surface area (Å²) in [7, 11) is -2.81. The minimum Gasteiger partial charge on any atom is -0.310 e. The monoisotopic (exact) mass is 247 g/mol. The van der Waals surface area contributed by atoms with Gasteiger partial charge in [-0.1, -0.05) is 0 Å². The van der Waals surface area contributed by atoms with Crippen LogP contribution in [0.15, 0.2) is 16.8 Å². The fourth-order valence-electron chi connectivity index (χ4n) is 1.29. The minimum atomic E-state index is -2.81. The summed E-state index contributed by atoms with van der Waals surface area (Å²) < 4.78 is 21.8. The molecular formula is C10H17NO2S2. The maximum Gasteiger partial charge on any atom is 0.147 e. The van der Waals surface area contributed by atoms with Crippen LogP contribution in [0.4, 0.5) is 0 Å². The molecule has 5 heteroatoms. The van der Waals surface area contributed by atoms with Crippen LogP contribution in [0.5, 0.6) is 0 Å². The zero-order valence-electron chi connectivity index (χ0n) is 9.06. The third-order valence-electron chi connectivity index (χ3n) is 2.19. The molecule has 0 spiro atoms. The second-order valence-electron chi connectivity index (χ2n) is 3.72. The van der Waals surface area contributed by atoms with E-state index in [1.54, 1.807) is 11.3 Å². The van der Waals surface area contributed by atoms with Gasteiger partial charge in [0, 0.05) is 12.3 Å². The zero-order chi connectivity index (χ0) is 11.3. The van der Waals surface area contributed by atoms with Gasteiger partial charge in [-0.15, -0.1) is 0 Å². The number of nitrogens with one attached hydrogen (secondary N) is 1. The summed E-state index contributed by atoms with van der Waals surface area (Å²) in [4.78, 5) is 0. The van der Waals surface area contributed by atoms with E-state index in [4.69, 9.17) is 0 Å². The Hall–Kier alpha value is -0.390. The van der Waals surface area contributed by atoms with Gasteiger partial charge in [0.15, 0.2) is 0 Å². The minimum absolute atomic E-state index is 0.260. The average Bonchev–Trinajstić information content (AvgIpc) is 2.63. The molecule has 1 N–H and O–H groups in total. The molecular weight excluding hydrogens is 230 g/mol. The molecule has 86 valence electrons. The van der Waals surface area contributed by atoms with Crippen molar-refractivity contribution in [3.05, 3.63) is 22.4 Å². The summed E-state index contributed by atoms with van der Waals surface area (Å²) >= 11 is 1.68. The van der Waals surface area contributed by atoms with E-state index in [1.807, 2.05) is 5.38 Å². The number of hydrogen-bond acceptors (Lipinski definition) is 4. The third kappa shape index (κ3) is 5.30. The molecule has 0 fully saturated rings. The van der Waals surface area contributed by atoms with Crippen molar-refractivity contribution in [3.8, 4) is 0 Å². The molecule has 0 aliphatic heterocycles.